The van der Waals surface area contributed by atoms with Crippen molar-refractivity contribution >= 4 is 35.1 Å². The van der Waals surface area contributed by atoms with Crippen LogP contribution < -0.4 is 4.90 Å². The molecule has 114 valence electrons. The van der Waals surface area contributed by atoms with Gasteiger partial charge in [0.25, 0.3) is 0 Å². The van der Waals surface area contributed by atoms with Crippen molar-refractivity contribution in [2.75, 3.05) is 31.2 Å². The maximum atomic E-state index is 10.8. The maximum absolute atomic E-state index is 10.8. The van der Waals surface area contributed by atoms with Crippen LogP contribution in [0.5, 0.6) is 0 Å². The first kappa shape index (κ1) is 14.7. The fraction of sp³-hybridized carbons (Fsp3) is 0.250. The standard InChI is InChI=1S/C16H16N2O3S/c19-16(20)14-11-17-15(22-14)6-3-12-1-4-13(5-2-12)18-7-9-21-10-8-18/h1-6,11H,7-10H2,(H,19,20)/b6-3+. The van der Waals surface area contributed by atoms with Crippen LogP contribution in [0.15, 0.2) is 30.5 Å². The molecular formula is C16H16N2O3S. The van der Waals surface area contributed by atoms with Crippen molar-refractivity contribution in [1.29, 1.82) is 0 Å². The molecule has 0 bridgehead atoms. The minimum atomic E-state index is -0.938. The molecule has 0 amide bonds. The van der Waals surface area contributed by atoms with Gasteiger partial charge < -0.3 is 14.7 Å². The zero-order valence-electron chi connectivity index (χ0n) is 11.9. The van der Waals surface area contributed by atoms with Crippen LogP contribution in [0.2, 0.25) is 0 Å². The molecule has 0 unspecified atom stereocenters. The molecule has 0 spiro atoms. The summed E-state index contributed by atoms with van der Waals surface area (Å²) in [6.07, 6.45) is 5.16. The lowest BCUT2D eigenvalue weighted by Crippen LogP contribution is -2.36. The molecule has 1 aliphatic heterocycles. The van der Waals surface area contributed by atoms with Crippen molar-refractivity contribution in [3.8, 4) is 0 Å². The number of thiazole rings is 1. The first-order valence-corrected chi connectivity index (χ1v) is 7.84. The molecule has 0 aliphatic carbocycles. The number of hydrogen-bond acceptors (Lipinski definition) is 5. The third-order valence-corrected chi connectivity index (χ3v) is 4.37. The topological polar surface area (TPSA) is 62.7 Å². The average molecular weight is 316 g/mol. The number of ether oxygens (including phenoxy) is 1. The zero-order valence-corrected chi connectivity index (χ0v) is 12.8. The first-order chi connectivity index (χ1) is 10.7. The Labute approximate surface area is 132 Å². The number of anilines is 1. The summed E-state index contributed by atoms with van der Waals surface area (Å²) in [7, 11) is 0. The molecule has 5 nitrogen and oxygen atoms in total. The molecule has 3 rings (SSSR count). The van der Waals surface area contributed by atoms with Crippen LogP contribution in [0, 0.1) is 0 Å². The molecule has 1 fully saturated rings. The van der Waals surface area contributed by atoms with Crippen LogP contribution in [0.3, 0.4) is 0 Å². The highest BCUT2D eigenvalue weighted by Gasteiger charge is 2.10. The largest absolute Gasteiger partial charge is 0.477 e. The first-order valence-electron chi connectivity index (χ1n) is 7.02. The summed E-state index contributed by atoms with van der Waals surface area (Å²) in [6, 6.07) is 8.28. The van der Waals surface area contributed by atoms with Crippen molar-refractivity contribution in [3.63, 3.8) is 0 Å². The van der Waals surface area contributed by atoms with Gasteiger partial charge in [0.15, 0.2) is 0 Å². The molecule has 1 aliphatic rings. The van der Waals surface area contributed by atoms with E-state index >= 15 is 0 Å². The van der Waals surface area contributed by atoms with Gasteiger partial charge in [0.05, 0.1) is 19.4 Å². The summed E-state index contributed by atoms with van der Waals surface area (Å²) in [5.41, 5.74) is 2.26. The second-order valence-electron chi connectivity index (χ2n) is 4.89. The normalized spacial score (nSPS) is 15.4. The van der Waals surface area contributed by atoms with E-state index in [1.165, 1.54) is 23.2 Å². The van der Waals surface area contributed by atoms with Gasteiger partial charge in [-0.15, -0.1) is 11.3 Å². The van der Waals surface area contributed by atoms with Gasteiger partial charge in [-0.25, -0.2) is 9.78 Å². The summed E-state index contributed by atoms with van der Waals surface area (Å²) in [6.45, 7) is 3.40. The Kier molecular flexibility index (Phi) is 4.50. The van der Waals surface area contributed by atoms with Gasteiger partial charge in [-0.3, -0.25) is 0 Å². The average Bonchev–Trinajstić information content (AvgIpc) is 3.04. The highest BCUT2D eigenvalue weighted by Crippen LogP contribution is 2.19. The zero-order chi connectivity index (χ0) is 15.4. The molecule has 1 saturated heterocycles. The summed E-state index contributed by atoms with van der Waals surface area (Å²) >= 11 is 1.17. The van der Waals surface area contributed by atoms with E-state index in [2.05, 4.69) is 22.0 Å². The van der Waals surface area contributed by atoms with Crippen molar-refractivity contribution in [1.82, 2.24) is 4.98 Å². The van der Waals surface area contributed by atoms with Crippen LogP contribution in [0.1, 0.15) is 20.2 Å². The lowest BCUT2D eigenvalue weighted by Gasteiger charge is -2.28. The predicted octanol–water partition coefficient (Wildman–Crippen LogP) is 2.85. The Hall–Kier alpha value is -2.18. The molecule has 0 saturated carbocycles. The number of aromatic carboxylic acids is 1. The van der Waals surface area contributed by atoms with E-state index in [1.54, 1.807) is 0 Å². The van der Waals surface area contributed by atoms with Crippen molar-refractivity contribution in [2.45, 2.75) is 0 Å². The van der Waals surface area contributed by atoms with E-state index in [1.807, 2.05) is 24.3 Å². The van der Waals surface area contributed by atoms with Gasteiger partial charge in [-0.2, -0.15) is 0 Å². The third-order valence-electron chi connectivity index (χ3n) is 3.42. The third kappa shape index (κ3) is 3.52. The number of aromatic nitrogens is 1. The molecular weight excluding hydrogens is 300 g/mol. The second kappa shape index (κ2) is 6.72. The van der Waals surface area contributed by atoms with Gasteiger partial charge in [0.2, 0.25) is 0 Å². The maximum Gasteiger partial charge on any atom is 0.347 e. The Morgan fingerprint density at radius 1 is 1.23 bits per heavy atom. The number of rotatable bonds is 4. The Morgan fingerprint density at radius 3 is 2.59 bits per heavy atom. The van der Waals surface area contributed by atoms with E-state index in [4.69, 9.17) is 9.84 Å². The molecule has 22 heavy (non-hydrogen) atoms. The lowest BCUT2D eigenvalue weighted by atomic mass is 10.2. The predicted molar refractivity (Wildman–Crippen MR) is 87.5 cm³/mol. The van der Waals surface area contributed by atoms with Crippen LogP contribution in [0.25, 0.3) is 12.2 Å². The number of nitrogens with zero attached hydrogens (tertiary/aromatic N) is 2. The summed E-state index contributed by atoms with van der Waals surface area (Å²) < 4.78 is 5.35. The van der Waals surface area contributed by atoms with Gasteiger partial charge in [-0.1, -0.05) is 18.2 Å². The highest BCUT2D eigenvalue weighted by atomic mass is 32.1. The van der Waals surface area contributed by atoms with E-state index < -0.39 is 5.97 Å². The number of hydrogen-bond donors (Lipinski definition) is 1. The SMILES string of the molecule is O=C(O)c1cnc(/C=C/c2ccc(N3CCOCC3)cc2)s1. The van der Waals surface area contributed by atoms with Gasteiger partial charge in [0.1, 0.15) is 9.88 Å². The summed E-state index contributed by atoms with van der Waals surface area (Å²) in [5.74, 6) is -0.938. The second-order valence-corrected chi connectivity index (χ2v) is 5.95. The van der Waals surface area contributed by atoms with E-state index in [-0.39, 0.29) is 4.88 Å². The molecule has 1 N–H and O–H groups in total. The van der Waals surface area contributed by atoms with E-state index in [9.17, 15) is 4.79 Å². The molecule has 1 aromatic carbocycles. The Morgan fingerprint density at radius 2 is 1.95 bits per heavy atom. The minimum Gasteiger partial charge on any atom is -0.477 e. The number of benzene rings is 1. The molecule has 1 aromatic heterocycles. The summed E-state index contributed by atoms with van der Waals surface area (Å²) in [5, 5.41) is 9.56. The monoisotopic (exact) mass is 316 g/mol. The summed E-state index contributed by atoms with van der Waals surface area (Å²) in [4.78, 5) is 17.4. The van der Waals surface area contributed by atoms with Crippen LogP contribution in [0.4, 0.5) is 5.69 Å². The molecule has 6 heteroatoms. The van der Waals surface area contributed by atoms with Gasteiger partial charge >= 0.3 is 5.97 Å². The van der Waals surface area contributed by atoms with Crippen LogP contribution in [-0.4, -0.2) is 42.4 Å². The van der Waals surface area contributed by atoms with Crippen LogP contribution >= 0.6 is 11.3 Å². The smallest absolute Gasteiger partial charge is 0.347 e. The number of morpholine rings is 1. The quantitative estimate of drug-likeness (QED) is 0.940. The Balaban J connectivity index is 1.67. The van der Waals surface area contributed by atoms with Crippen molar-refractivity contribution in [2.24, 2.45) is 0 Å². The number of carboxylic acids is 1. The lowest BCUT2D eigenvalue weighted by molar-refractivity contribution is 0.0702. The Bertz CT molecular complexity index is 673. The molecule has 2 heterocycles. The molecule has 2 aromatic rings. The van der Waals surface area contributed by atoms with Crippen molar-refractivity contribution in [3.05, 3.63) is 45.9 Å². The number of carbonyl (C=O) groups is 1. The molecule has 0 radical (unpaired) electrons. The molecule has 0 atom stereocenters. The van der Waals surface area contributed by atoms with Crippen molar-refractivity contribution < 1.29 is 14.6 Å². The fourth-order valence-electron chi connectivity index (χ4n) is 2.25. The van der Waals surface area contributed by atoms with E-state index in [0.29, 0.717) is 5.01 Å². The number of carboxylic acid groups (broad SMARTS) is 1. The van der Waals surface area contributed by atoms with E-state index in [0.717, 1.165) is 31.9 Å². The highest BCUT2D eigenvalue weighted by molar-refractivity contribution is 7.14. The van der Waals surface area contributed by atoms with Gasteiger partial charge in [0, 0.05) is 18.8 Å². The minimum absolute atomic E-state index is 0.252. The fourth-order valence-corrected chi connectivity index (χ4v) is 2.91. The van der Waals surface area contributed by atoms with Crippen LogP contribution in [-0.2, 0) is 4.74 Å². The van der Waals surface area contributed by atoms with Gasteiger partial charge in [-0.05, 0) is 23.8 Å².